The van der Waals surface area contributed by atoms with Gasteiger partial charge in [-0.2, -0.15) is 10.2 Å². The van der Waals surface area contributed by atoms with Gasteiger partial charge in [0.25, 0.3) is 0 Å². The van der Waals surface area contributed by atoms with Gasteiger partial charge in [-0.1, -0.05) is 0 Å². The largest absolute Gasteiger partial charge is 0.395 e. The number of rotatable bonds is 14. The van der Waals surface area contributed by atoms with Gasteiger partial charge >= 0.3 is 0 Å². The van der Waals surface area contributed by atoms with Crippen molar-refractivity contribution in [2.75, 3.05) is 85.2 Å². The Bertz CT molecular complexity index is 1170. The lowest BCUT2D eigenvalue weighted by Gasteiger charge is -2.34. The molecule has 4 heterocycles. The van der Waals surface area contributed by atoms with Crippen LogP contribution < -0.4 is 10.6 Å². The molecule has 0 amide bonds. The highest BCUT2D eigenvalue weighted by Gasteiger charge is 2.50. The van der Waals surface area contributed by atoms with E-state index in [1.807, 2.05) is 20.8 Å². The molecule has 0 aromatic heterocycles. The van der Waals surface area contributed by atoms with Crippen LogP contribution >= 0.6 is 0 Å². The van der Waals surface area contributed by atoms with Crippen molar-refractivity contribution in [3.05, 3.63) is 0 Å². The maximum absolute atomic E-state index is 9.86. The van der Waals surface area contributed by atoms with Crippen LogP contribution in [0.3, 0.4) is 0 Å². The molecule has 0 fully saturated rings. The monoisotopic (exact) mass is 587 g/mol. The third-order valence-corrected chi connectivity index (χ3v) is 8.13. The van der Waals surface area contributed by atoms with Crippen LogP contribution in [0.4, 0.5) is 0 Å². The molecule has 0 radical (unpaired) electrons. The van der Waals surface area contributed by atoms with E-state index in [4.69, 9.17) is 30.3 Å². The number of β-amino-alcohol motifs (C(OH)–C–C–N with tert-alkyl or cyclic N) is 2. The highest BCUT2D eigenvalue weighted by molar-refractivity contribution is 5.94. The summed E-state index contributed by atoms with van der Waals surface area (Å²) < 4.78 is 2.07. The number of hydrogen-bond acceptors (Lipinski definition) is 13. The molecule has 4 rings (SSSR count). The molecular formula is C28H51N12O2+. The number of aliphatic hydroxyl groups is 2. The number of azo groups is 3. The number of aliphatic hydroxyl groups excluding tert-OH is 2. The van der Waals surface area contributed by atoms with Crippen LogP contribution in [0.2, 0.25) is 0 Å². The van der Waals surface area contributed by atoms with Gasteiger partial charge in [-0.15, -0.1) is 4.70 Å². The third-order valence-electron chi connectivity index (χ3n) is 8.13. The summed E-state index contributed by atoms with van der Waals surface area (Å²) in [5.41, 5.74) is -2.83. The average molecular weight is 588 g/mol. The lowest BCUT2D eigenvalue weighted by atomic mass is 9.96. The molecule has 14 nitrogen and oxygen atoms in total. The smallest absolute Gasteiger partial charge is 0.238 e. The first-order valence-electron chi connectivity index (χ1n) is 15.2. The average Bonchev–Trinajstić information content (AvgIpc) is 3.75. The zero-order chi connectivity index (χ0) is 30.6. The second-order valence-corrected chi connectivity index (χ2v) is 13.0. The van der Waals surface area contributed by atoms with Crippen molar-refractivity contribution >= 4 is 23.3 Å². The van der Waals surface area contributed by atoms with Gasteiger partial charge in [-0.3, -0.25) is 20.0 Å². The minimum absolute atomic E-state index is 0.0174. The molecule has 0 aliphatic carbocycles. The van der Waals surface area contributed by atoms with Gasteiger partial charge in [0.2, 0.25) is 12.1 Å². The normalized spacial score (nSPS) is 21.8. The highest BCUT2D eigenvalue weighted by Crippen LogP contribution is 2.29. The Labute approximate surface area is 249 Å². The summed E-state index contributed by atoms with van der Waals surface area (Å²) in [6.45, 7) is 21.7. The molecule has 1 atom stereocenters. The van der Waals surface area contributed by atoms with Gasteiger partial charge < -0.3 is 30.6 Å². The van der Waals surface area contributed by atoms with Crippen LogP contribution in [0.5, 0.6) is 0 Å². The highest BCUT2D eigenvalue weighted by atomic mass is 16.3. The summed E-state index contributed by atoms with van der Waals surface area (Å²) in [6, 6.07) is 0. The molecule has 0 saturated heterocycles. The van der Waals surface area contributed by atoms with E-state index in [1.54, 1.807) is 0 Å². The number of aliphatic imine (C=N–C) groups is 4. The van der Waals surface area contributed by atoms with E-state index in [2.05, 4.69) is 57.8 Å². The van der Waals surface area contributed by atoms with E-state index in [0.717, 1.165) is 56.1 Å². The van der Waals surface area contributed by atoms with Gasteiger partial charge in [0.15, 0.2) is 16.9 Å². The van der Waals surface area contributed by atoms with Gasteiger partial charge in [-0.05, 0) is 39.7 Å². The quantitative estimate of drug-likeness (QED) is 0.170. The Kier molecular flexibility index (Phi) is 9.65. The Hall–Kier alpha value is -3.00. The van der Waals surface area contributed by atoms with Crippen LogP contribution in [0.25, 0.3) is 0 Å². The molecule has 4 N–H and O–H groups in total. The maximum atomic E-state index is 9.86. The minimum Gasteiger partial charge on any atom is -0.395 e. The van der Waals surface area contributed by atoms with Crippen molar-refractivity contribution in [2.24, 2.45) is 35.3 Å². The Balaban J connectivity index is 1.79. The molecule has 234 valence electrons. The molecule has 0 aromatic rings. The lowest BCUT2D eigenvalue weighted by molar-refractivity contribution is -0.650. The molecule has 4 aliphatic heterocycles. The van der Waals surface area contributed by atoms with Gasteiger partial charge in [0.05, 0.1) is 39.4 Å². The van der Waals surface area contributed by atoms with Crippen molar-refractivity contribution < 1.29 is 14.9 Å². The van der Waals surface area contributed by atoms with E-state index >= 15 is 0 Å². The number of amidine groups is 4. The van der Waals surface area contributed by atoms with Crippen molar-refractivity contribution in [3.63, 3.8) is 0 Å². The zero-order valence-corrected chi connectivity index (χ0v) is 26.6. The number of nitrogens with zero attached hydrogens (tertiary/aromatic N) is 10. The summed E-state index contributed by atoms with van der Waals surface area (Å²) in [5.74, 6) is 3.34. The summed E-state index contributed by atoms with van der Waals surface area (Å²) in [5, 5.41) is 41.7. The summed E-state index contributed by atoms with van der Waals surface area (Å²) >= 11 is 0. The Morgan fingerprint density at radius 1 is 0.714 bits per heavy atom. The fourth-order valence-electron chi connectivity index (χ4n) is 5.90. The van der Waals surface area contributed by atoms with E-state index in [9.17, 15) is 10.2 Å². The van der Waals surface area contributed by atoms with Crippen molar-refractivity contribution in [2.45, 2.75) is 70.6 Å². The molecule has 42 heavy (non-hydrogen) atoms. The van der Waals surface area contributed by atoms with Gasteiger partial charge in [0.1, 0.15) is 23.0 Å². The molecule has 14 heteroatoms. The summed E-state index contributed by atoms with van der Waals surface area (Å²) in [7, 11) is 0. The molecule has 0 aromatic carbocycles. The Morgan fingerprint density at radius 2 is 1.26 bits per heavy atom. The van der Waals surface area contributed by atoms with E-state index in [1.165, 1.54) is 0 Å². The van der Waals surface area contributed by atoms with Crippen molar-refractivity contribution in [3.8, 4) is 0 Å². The van der Waals surface area contributed by atoms with Crippen molar-refractivity contribution in [1.29, 1.82) is 0 Å². The molecule has 0 saturated carbocycles. The second kappa shape index (κ2) is 12.7. The second-order valence-electron chi connectivity index (χ2n) is 13.0. The van der Waals surface area contributed by atoms with E-state index in [-0.39, 0.29) is 13.2 Å². The first-order valence-corrected chi connectivity index (χ1v) is 15.2. The molecular weight excluding hydrogens is 536 g/mol. The summed E-state index contributed by atoms with van der Waals surface area (Å²) in [6.07, 6.45) is 0. The zero-order valence-electron chi connectivity index (χ0n) is 26.6. The Morgan fingerprint density at radius 3 is 1.81 bits per heavy atom. The molecule has 4 aliphatic rings. The molecule has 0 spiro atoms. The SMILES string of the molecule is CC(C)(N=[N+](CC(C)(N=NC(C)(C)C1=NCCN1CCO)C1=NCCN1CCO)C(C)(C)C1=NCCN1)C1=NCCN1. The van der Waals surface area contributed by atoms with E-state index in [0.29, 0.717) is 39.3 Å². The van der Waals surface area contributed by atoms with Gasteiger partial charge in [-0.25, -0.2) is 0 Å². The fourth-order valence-corrected chi connectivity index (χ4v) is 5.90. The van der Waals surface area contributed by atoms with Crippen molar-refractivity contribution in [1.82, 2.24) is 20.4 Å². The predicted octanol–water partition coefficient (Wildman–Crippen LogP) is 0.414. The lowest BCUT2D eigenvalue weighted by Crippen LogP contribution is -2.57. The van der Waals surface area contributed by atoms with Crippen LogP contribution in [-0.2, 0) is 0 Å². The predicted molar refractivity (Wildman–Crippen MR) is 166 cm³/mol. The van der Waals surface area contributed by atoms with Crippen LogP contribution in [-0.4, -0.2) is 155 Å². The third kappa shape index (κ3) is 6.80. The van der Waals surface area contributed by atoms with E-state index < -0.39 is 22.2 Å². The molecule has 0 bridgehead atoms. The van der Waals surface area contributed by atoms with Gasteiger partial charge in [0, 0.05) is 53.1 Å². The van der Waals surface area contributed by atoms with Crippen LogP contribution in [0.15, 0.2) is 35.3 Å². The number of nitrogens with one attached hydrogen (secondary N) is 2. The summed E-state index contributed by atoms with van der Waals surface area (Å²) in [4.78, 5) is 23.3. The standard InChI is InChI=1S/C28H51N12O2/c1-25(2,21-29-8-9-30-21)37-40(27(5,6)22-31-10-11-32-22)20-28(7,24-34-13-15-39(24)17-19-42)36-35-26(3,4)23-33-12-14-38(23)16-18-41/h41-42H,8-20H2,1-7H3,(H,29,30)(H,31,32)/q+1. The first kappa shape index (κ1) is 31.9. The van der Waals surface area contributed by atoms with Crippen LogP contribution in [0.1, 0.15) is 48.5 Å². The number of hydrogen-bond donors (Lipinski definition) is 4. The molecule has 1 unspecified atom stereocenters. The maximum Gasteiger partial charge on any atom is 0.238 e. The minimum atomic E-state index is -0.912. The fraction of sp³-hybridized carbons (Fsp3) is 0.857. The topological polar surface area (TPSA) is 161 Å². The van der Waals surface area contributed by atoms with Crippen LogP contribution in [0, 0.1) is 0 Å². The first-order chi connectivity index (χ1) is 19.8.